The van der Waals surface area contributed by atoms with E-state index in [1.807, 2.05) is 6.92 Å². The first-order chi connectivity index (χ1) is 1.91. The van der Waals surface area contributed by atoms with Gasteiger partial charge in [-0.15, -0.1) is 0 Å². The van der Waals surface area contributed by atoms with E-state index in [-0.39, 0.29) is 31.0 Å². The Balaban J connectivity index is -0.0000000450. The van der Waals surface area contributed by atoms with E-state index in [1.54, 1.807) is 0 Å². The second kappa shape index (κ2) is 8.89. The summed E-state index contributed by atoms with van der Waals surface area (Å²) in [4.78, 5) is 0. The van der Waals surface area contributed by atoms with Crippen molar-refractivity contribution in [3.63, 3.8) is 0 Å². The van der Waals surface area contributed by atoms with Gasteiger partial charge < -0.3 is 5.89 Å². The van der Waals surface area contributed by atoms with Crippen molar-refractivity contribution in [2.45, 2.75) is 13.0 Å². The number of hydrogen-bond acceptors (Lipinski definition) is 1. The second-order valence-electron chi connectivity index (χ2n) is 0.575. The van der Waals surface area contributed by atoms with Gasteiger partial charge in [-0.25, -0.2) is 0 Å². The maximum Gasteiger partial charge on any atom is 1.00 e. The zero-order valence-electron chi connectivity index (χ0n) is 4.69. The van der Waals surface area contributed by atoms with Gasteiger partial charge in [-0.05, 0) is 6.04 Å². The van der Waals surface area contributed by atoms with Crippen molar-refractivity contribution >= 4 is 9.41 Å². The summed E-state index contributed by atoms with van der Waals surface area (Å²) in [6.07, 6.45) is 0. The molecule has 0 bridgehead atoms. The Bertz CT molecular complexity index is 27.5. The van der Waals surface area contributed by atoms with Crippen LogP contribution in [0.25, 0.3) is 0 Å². The summed E-state index contributed by atoms with van der Waals surface area (Å²) in [5.41, 5.74) is 0. The fourth-order valence-corrected chi connectivity index (χ4v) is 0. The van der Waals surface area contributed by atoms with Gasteiger partial charge in [0.25, 0.3) is 9.41 Å². The van der Waals surface area contributed by atoms with Crippen molar-refractivity contribution < 1.29 is 35.4 Å². The molecular formula is C2H7NaOSi. The zero-order valence-corrected chi connectivity index (χ0v) is 6.85. The largest absolute Gasteiger partial charge is 1.00 e. The van der Waals surface area contributed by atoms with E-state index in [4.69, 9.17) is 0 Å². The molecule has 0 aliphatic carbocycles. The van der Waals surface area contributed by atoms with E-state index in [9.17, 15) is 4.46 Å². The molecule has 0 radical (unpaired) electrons. The third-order valence-corrected chi connectivity index (χ3v) is 0.500. The molecule has 0 amide bonds. The van der Waals surface area contributed by atoms with Crippen LogP contribution in [-0.4, -0.2) is 9.41 Å². The first-order valence-electron chi connectivity index (χ1n) is 1.35. The molecule has 0 aromatic carbocycles. The molecule has 0 spiro atoms. The van der Waals surface area contributed by atoms with E-state index in [1.165, 1.54) is 0 Å². The average Bonchev–Trinajstić information content (AvgIpc) is 1.37. The molecule has 0 rings (SSSR count). The first kappa shape index (κ1) is 9.39. The van der Waals surface area contributed by atoms with Crippen molar-refractivity contribution in [3.8, 4) is 0 Å². The van der Waals surface area contributed by atoms with Crippen molar-refractivity contribution in [2.75, 3.05) is 0 Å². The molecule has 0 atom stereocenters. The molecule has 0 heterocycles. The SMILES string of the molecule is CC[SiH]=O.[H-].[Na+]. The summed E-state index contributed by atoms with van der Waals surface area (Å²) in [6.45, 7) is 1.91. The van der Waals surface area contributed by atoms with Crippen LogP contribution in [0.2, 0.25) is 6.04 Å². The molecule has 1 nitrogen and oxygen atoms in total. The van der Waals surface area contributed by atoms with E-state index < -0.39 is 9.41 Å². The quantitative estimate of drug-likeness (QED) is 0.327. The van der Waals surface area contributed by atoms with Crippen LogP contribution in [0.4, 0.5) is 0 Å². The average molecular weight is 98.2 g/mol. The van der Waals surface area contributed by atoms with Crippen LogP contribution in [0.3, 0.4) is 0 Å². The maximum atomic E-state index is 9.38. The summed E-state index contributed by atoms with van der Waals surface area (Å²) in [6, 6.07) is 0.847. The molecule has 3 heteroatoms. The fraction of sp³-hybridized carbons (Fsp3) is 1.00. The van der Waals surface area contributed by atoms with E-state index in [2.05, 4.69) is 0 Å². The normalized spacial score (nSPS) is 5.00. The topological polar surface area (TPSA) is 17.1 Å². The van der Waals surface area contributed by atoms with E-state index >= 15 is 0 Å². The smallest absolute Gasteiger partial charge is 1.00 e. The Morgan fingerprint density at radius 2 is 2.20 bits per heavy atom. The van der Waals surface area contributed by atoms with E-state index in [0.29, 0.717) is 0 Å². The van der Waals surface area contributed by atoms with Crippen LogP contribution in [0, 0.1) is 0 Å². The molecule has 0 aliphatic rings. The van der Waals surface area contributed by atoms with Gasteiger partial charge in [0.2, 0.25) is 0 Å². The standard InChI is InChI=1S/C2H6OSi.Na.H/c1-2-4-3;;/h4H,2H2,1H3;;/q;+1;-1. The predicted molar refractivity (Wildman–Crippen MR) is 19.4 cm³/mol. The van der Waals surface area contributed by atoms with Crippen LogP contribution < -0.4 is 29.6 Å². The van der Waals surface area contributed by atoms with Gasteiger partial charge in [-0.2, -0.15) is 0 Å². The minimum Gasteiger partial charge on any atom is -1.00 e. The molecule has 0 aliphatic heterocycles. The van der Waals surface area contributed by atoms with Gasteiger partial charge in [0.05, 0.1) is 0 Å². The molecule has 0 fully saturated rings. The predicted octanol–water partition coefficient (Wildman–Crippen LogP) is -2.68. The summed E-state index contributed by atoms with van der Waals surface area (Å²) in [5, 5.41) is 0. The van der Waals surface area contributed by atoms with Gasteiger partial charge in [0, 0.05) is 0 Å². The Morgan fingerprint density at radius 1 is 2.00 bits per heavy atom. The van der Waals surface area contributed by atoms with Crippen LogP contribution in [-0.2, 0) is 4.46 Å². The summed E-state index contributed by atoms with van der Waals surface area (Å²) >= 11 is 0. The van der Waals surface area contributed by atoms with Gasteiger partial charge in [-0.1, -0.05) is 6.92 Å². The summed E-state index contributed by atoms with van der Waals surface area (Å²) in [5.74, 6) is 0. The van der Waals surface area contributed by atoms with Crippen molar-refractivity contribution in [1.82, 2.24) is 0 Å². The molecule has 0 unspecified atom stereocenters. The third kappa shape index (κ3) is 11.2. The van der Waals surface area contributed by atoms with Crippen molar-refractivity contribution in [3.05, 3.63) is 0 Å². The zero-order chi connectivity index (χ0) is 3.41. The molecule has 5 heavy (non-hydrogen) atoms. The Hall–Kier alpha value is 1.02. The second-order valence-corrected chi connectivity index (χ2v) is 1.72. The molecule has 0 saturated heterocycles. The molecule has 26 valence electrons. The molecule has 0 aromatic rings. The third-order valence-electron chi connectivity index (χ3n) is 0.167. The summed E-state index contributed by atoms with van der Waals surface area (Å²) in [7, 11) is -0.468. The van der Waals surface area contributed by atoms with E-state index in [0.717, 1.165) is 6.04 Å². The van der Waals surface area contributed by atoms with Crippen LogP contribution >= 0.6 is 0 Å². The Kier molecular flexibility index (Phi) is 16.7. The molecule has 0 N–H and O–H groups in total. The van der Waals surface area contributed by atoms with Crippen molar-refractivity contribution in [1.29, 1.82) is 0 Å². The molecular weight excluding hydrogens is 91.1 g/mol. The number of rotatable bonds is 1. The van der Waals surface area contributed by atoms with Gasteiger partial charge in [0.1, 0.15) is 0 Å². The minimum absolute atomic E-state index is 0. The van der Waals surface area contributed by atoms with Gasteiger partial charge >= 0.3 is 29.6 Å². The molecule has 0 aromatic heterocycles. The van der Waals surface area contributed by atoms with Crippen molar-refractivity contribution in [2.24, 2.45) is 0 Å². The van der Waals surface area contributed by atoms with Gasteiger partial charge in [-0.3, -0.25) is 0 Å². The minimum atomic E-state index is -0.468. The van der Waals surface area contributed by atoms with Crippen LogP contribution in [0.15, 0.2) is 0 Å². The van der Waals surface area contributed by atoms with Gasteiger partial charge in [0.15, 0.2) is 0 Å². The molecule has 0 saturated carbocycles. The van der Waals surface area contributed by atoms with Crippen LogP contribution in [0.5, 0.6) is 0 Å². The number of hydrogen-bond donors (Lipinski definition) is 0. The first-order valence-corrected chi connectivity index (χ1v) is 2.64. The Morgan fingerprint density at radius 3 is 2.20 bits per heavy atom. The van der Waals surface area contributed by atoms with Crippen LogP contribution in [0.1, 0.15) is 8.35 Å². The maximum absolute atomic E-state index is 9.38. The summed E-state index contributed by atoms with van der Waals surface area (Å²) < 4.78 is 9.38. The fourth-order valence-electron chi connectivity index (χ4n) is 0. The monoisotopic (exact) mass is 98.0 g/mol. The Labute approximate surface area is 57.8 Å².